The van der Waals surface area contributed by atoms with E-state index in [1.165, 1.54) is 18.6 Å². The van der Waals surface area contributed by atoms with Crippen molar-refractivity contribution in [3.8, 4) is 5.82 Å². The quantitative estimate of drug-likeness (QED) is 0.377. The minimum Gasteiger partial charge on any atom is -0.358 e. The summed E-state index contributed by atoms with van der Waals surface area (Å²) in [6.07, 6.45) is 10.2. The standard InChI is InChI=1S/C26H32F2N6O/c1-2-29-26-32-23(16-24(33-26)34-12-6-7-13-34)31-22(14-18-8-4-3-5-9-18)25(35)30-17-19-10-11-20(27)15-21(19)28/h6-7,10-13,15-16,18,22H,2-5,8-9,14,17H2,1H3,(H,30,35)(H2,29,31,32,33)/t22-/m1/s1. The number of anilines is 2. The molecule has 9 heteroatoms. The molecule has 0 aliphatic heterocycles. The van der Waals surface area contributed by atoms with Crippen molar-refractivity contribution in [1.82, 2.24) is 19.9 Å². The van der Waals surface area contributed by atoms with Crippen LogP contribution >= 0.6 is 0 Å². The summed E-state index contributed by atoms with van der Waals surface area (Å²) in [6, 6.07) is 8.45. The summed E-state index contributed by atoms with van der Waals surface area (Å²) in [7, 11) is 0. The topological polar surface area (TPSA) is 83.9 Å². The van der Waals surface area contributed by atoms with Gasteiger partial charge in [0, 0.05) is 43.2 Å². The number of hydrogen-bond donors (Lipinski definition) is 3. The highest BCUT2D eigenvalue weighted by Crippen LogP contribution is 2.28. The molecule has 1 aliphatic carbocycles. The average molecular weight is 483 g/mol. The third kappa shape index (κ3) is 6.77. The van der Waals surface area contributed by atoms with Crippen molar-refractivity contribution in [1.29, 1.82) is 0 Å². The monoisotopic (exact) mass is 482 g/mol. The molecule has 0 bridgehead atoms. The molecule has 1 aromatic carbocycles. The molecule has 7 nitrogen and oxygen atoms in total. The first-order valence-electron chi connectivity index (χ1n) is 12.3. The molecule has 1 amide bonds. The summed E-state index contributed by atoms with van der Waals surface area (Å²) in [5.74, 6) is 0.528. The van der Waals surface area contributed by atoms with Crippen LogP contribution in [0, 0.1) is 17.6 Å². The fourth-order valence-corrected chi connectivity index (χ4v) is 4.50. The number of benzene rings is 1. The van der Waals surface area contributed by atoms with Gasteiger partial charge in [0.1, 0.15) is 29.3 Å². The Balaban J connectivity index is 1.54. The molecule has 35 heavy (non-hydrogen) atoms. The van der Waals surface area contributed by atoms with Crippen LogP contribution in [0.5, 0.6) is 0 Å². The number of rotatable bonds is 10. The number of nitrogens with one attached hydrogen (secondary N) is 3. The van der Waals surface area contributed by atoms with E-state index < -0.39 is 17.7 Å². The van der Waals surface area contributed by atoms with Crippen molar-refractivity contribution < 1.29 is 13.6 Å². The van der Waals surface area contributed by atoms with Crippen molar-refractivity contribution in [2.24, 2.45) is 5.92 Å². The van der Waals surface area contributed by atoms with Crippen molar-refractivity contribution in [2.75, 3.05) is 17.2 Å². The van der Waals surface area contributed by atoms with Gasteiger partial charge < -0.3 is 20.5 Å². The van der Waals surface area contributed by atoms with Gasteiger partial charge in [-0.2, -0.15) is 9.97 Å². The summed E-state index contributed by atoms with van der Waals surface area (Å²) in [5, 5.41) is 9.28. The van der Waals surface area contributed by atoms with Crippen LogP contribution in [-0.2, 0) is 11.3 Å². The number of hydrogen-bond acceptors (Lipinski definition) is 5. The molecule has 3 aromatic rings. The summed E-state index contributed by atoms with van der Waals surface area (Å²) in [5.41, 5.74) is 0.238. The third-order valence-corrected chi connectivity index (χ3v) is 6.32. The number of amides is 1. The second-order valence-electron chi connectivity index (χ2n) is 8.95. The van der Waals surface area contributed by atoms with Gasteiger partial charge >= 0.3 is 0 Å². The van der Waals surface area contributed by atoms with Gasteiger partial charge in [0.05, 0.1) is 0 Å². The molecular formula is C26H32F2N6O. The first-order valence-corrected chi connectivity index (χ1v) is 12.3. The van der Waals surface area contributed by atoms with Gasteiger partial charge in [0.15, 0.2) is 0 Å². The van der Waals surface area contributed by atoms with Crippen molar-refractivity contribution in [3.05, 3.63) is 66.0 Å². The van der Waals surface area contributed by atoms with Crippen LogP contribution in [0.2, 0.25) is 0 Å². The van der Waals surface area contributed by atoms with Gasteiger partial charge in [-0.05, 0) is 37.5 Å². The highest BCUT2D eigenvalue weighted by Gasteiger charge is 2.25. The molecule has 0 spiro atoms. The van der Waals surface area contributed by atoms with Crippen LogP contribution < -0.4 is 16.0 Å². The number of carbonyl (C=O) groups excluding carboxylic acids is 1. The molecule has 4 rings (SSSR count). The zero-order valence-electron chi connectivity index (χ0n) is 19.9. The lowest BCUT2D eigenvalue weighted by molar-refractivity contribution is -0.122. The van der Waals surface area contributed by atoms with Crippen molar-refractivity contribution >= 4 is 17.7 Å². The molecule has 1 saturated carbocycles. The van der Waals surface area contributed by atoms with E-state index in [1.54, 1.807) is 0 Å². The number of nitrogens with zero attached hydrogens (tertiary/aromatic N) is 3. The molecule has 0 saturated heterocycles. The Morgan fingerprint density at radius 1 is 1.11 bits per heavy atom. The van der Waals surface area contributed by atoms with E-state index in [1.807, 2.05) is 42.1 Å². The second-order valence-corrected chi connectivity index (χ2v) is 8.95. The summed E-state index contributed by atoms with van der Waals surface area (Å²) in [6.45, 7) is 2.60. The maximum absolute atomic E-state index is 14.1. The van der Waals surface area contributed by atoms with Crippen molar-refractivity contribution in [3.63, 3.8) is 0 Å². The fraction of sp³-hybridized carbons (Fsp3) is 0.423. The van der Waals surface area contributed by atoms with E-state index in [0.717, 1.165) is 31.7 Å². The largest absolute Gasteiger partial charge is 0.358 e. The number of aromatic nitrogens is 3. The fourth-order valence-electron chi connectivity index (χ4n) is 4.50. The van der Waals surface area contributed by atoms with Crippen LogP contribution in [0.25, 0.3) is 5.82 Å². The Bertz CT molecular complexity index is 1120. The predicted octanol–water partition coefficient (Wildman–Crippen LogP) is 5.04. The summed E-state index contributed by atoms with van der Waals surface area (Å²) < 4.78 is 29.2. The minimum absolute atomic E-state index is 0.0190. The smallest absolute Gasteiger partial charge is 0.242 e. The Labute approximate surface area is 204 Å². The zero-order chi connectivity index (χ0) is 24.6. The molecule has 2 aromatic heterocycles. The van der Waals surface area contributed by atoms with E-state index in [0.29, 0.717) is 36.5 Å². The highest BCUT2D eigenvalue weighted by atomic mass is 19.1. The van der Waals surface area contributed by atoms with Gasteiger partial charge in [0.25, 0.3) is 0 Å². The van der Waals surface area contributed by atoms with Gasteiger partial charge in [-0.15, -0.1) is 0 Å². The average Bonchev–Trinajstić information content (AvgIpc) is 3.39. The SMILES string of the molecule is CCNc1nc(N[C@H](CC2CCCCC2)C(=O)NCc2ccc(F)cc2F)cc(-n2cccc2)n1. The summed E-state index contributed by atoms with van der Waals surface area (Å²) >= 11 is 0. The van der Waals surface area contributed by atoms with E-state index in [-0.39, 0.29) is 18.0 Å². The molecule has 0 unspecified atom stereocenters. The van der Waals surface area contributed by atoms with Gasteiger partial charge in [-0.25, -0.2) is 8.78 Å². The van der Waals surface area contributed by atoms with Crippen LogP contribution in [0.15, 0.2) is 48.8 Å². The first-order chi connectivity index (χ1) is 17.0. The van der Waals surface area contributed by atoms with Crippen LogP contribution in [0.1, 0.15) is 51.0 Å². The Morgan fingerprint density at radius 2 is 1.89 bits per heavy atom. The molecule has 2 heterocycles. The zero-order valence-corrected chi connectivity index (χ0v) is 19.9. The first kappa shape index (κ1) is 24.6. The van der Waals surface area contributed by atoms with E-state index in [4.69, 9.17) is 0 Å². The van der Waals surface area contributed by atoms with Crippen LogP contribution in [0.3, 0.4) is 0 Å². The number of carbonyl (C=O) groups is 1. The molecule has 3 N–H and O–H groups in total. The normalized spacial score (nSPS) is 14.9. The molecular weight excluding hydrogens is 450 g/mol. The van der Waals surface area contributed by atoms with E-state index in [2.05, 4.69) is 25.9 Å². The molecule has 0 radical (unpaired) electrons. The lowest BCUT2D eigenvalue weighted by atomic mass is 9.84. The highest BCUT2D eigenvalue weighted by molar-refractivity contribution is 5.84. The second kappa shape index (κ2) is 11.8. The van der Waals surface area contributed by atoms with E-state index >= 15 is 0 Å². The minimum atomic E-state index is -0.676. The Kier molecular flexibility index (Phi) is 8.28. The number of halogens is 2. The third-order valence-electron chi connectivity index (χ3n) is 6.32. The molecule has 1 atom stereocenters. The molecule has 186 valence electrons. The Hall–Kier alpha value is -3.49. The Morgan fingerprint density at radius 3 is 2.60 bits per heavy atom. The summed E-state index contributed by atoms with van der Waals surface area (Å²) in [4.78, 5) is 22.4. The van der Waals surface area contributed by atoms with Gasteiger partial charge in [0.2, 0.25) is 11.9 Å². The van der Waals surface area contributed by atoms with Crippen molar-refractivity contribution in [2.45, 2.75) is 58.0 Å². The van der Waals surface area contributed by atoms with Crippen LogP contribution in [-0.4, -0.2) is 33.0 Å². The molecule has 1 aliphatic rings. The van der Waals surface area contributed by atoms with Gasteiger partial charge in [-0.3, -0.25) is 4.79 Å². The lowest BCUT2D eigenvalue weighted by Crippen LogP contribution is -2.41. The van der Waals surface area contributed by atoms with Gasteiger partial charge in [-0.1, -0.05) is 38.2 Å². The maximum atomic E-state index is 14.1. The lowest BCUT2D eigenvalue weighted by Gasteiger charge is -2.27. The van der Waals surface area contributed by atoms with E-state index in [9.17, 15) is 13.6 Å². The maximum Gasteiger partial charge on any atom is 0.242 e. The predicted molar refractivity (Wildman–Crippen MR) is 132 cm³/mol. The molecule has 1 fully saturated rings. The van der Waals surface area contributed by atoms with Crippen LogP contribution in [0.4, 0.5) is 20.5 Å².